The van der Waals surface area contributed by atoms with Gasteiger partial charge in [-0.2, -0.15) is 0 Å². The number of nitrogens with one attached hydrogen (secondary N) is 1. The predicted octanol–water partition coefficient (Wildman–Crippen LogP) is 3.52. The van der Waals surface area contributed by atoms with Crippen LogP contribution < -0.4 is 5.32 Å². The molecule has 1 rings (SSSR count). The minimum Gasteiger partial charge on any atom is -0.360 e. The summed E-state index contributed by atoms with van der Waals surface area (Å²) in [6.07, 6.45) is 6.65. The van der Waals surface area contributed by atoms with E-state index in [0.717, 1.165) is 38.5 Å². The van der Waals surface area contributed by atoms with Crippen LogP contribution >= 0.6 is 0 Å². The smallest absolute Gasteiger partial charge is 0.245 e. The fourth-order valence-corrected chi connectivity index (χ4v) is 2.29. The van der Waals surface area contributed by atoms with Gasteiger partial charge in [0.1, 0.15) is 5.76 Å². The highest BCUT2D eigenvalue weighted by atomic mass is 16.5. The maximum Gasteiger partial charge on any atom is 0.245 e. The van der Waals surface area contributed by atoms with Crippen molar-refractivity contribution < 1.29 is 14.1 Å². The van der Waals surface area contributed by atoms with Gasteiger partial charge in [0.25, 0.3) is 0 Å². The summed E-state index contributed by atoms with van der Waals surface area (Å²) in [6.45, 7) is 6.67. The summed E-state index contributed by atoms with van der Waals surface area (Å²) in [5.41, 5.74) is 0. The molecule has 2 amide bonds. The van der Waals surface area contributed by atoms with Crippen molar-refractivity contribution >= 4 is 17.6 Å². The van der Waals surface area contributed by atoms with Crippen molar-refractivity contribution in [3.8, 4) is 0 Å². The zero-order valence-corrected chi connectivity index (χ0v) is 14.6. The first-order chi connectivity index (χ1) is 11.1. The third-order valence-electron chi connectivity index (χ3n) is 3.61. The average molecular weight is 323 g/mol. The van der Waals surface area contributed by atoms with E-state index in [1.165, 1.54) is 0 Å². The Bertz CT molecular complexity index is 485. The van der Waals surface area contributed by atoms with Crippen LogP contribution in [0.5, 0.6) is 0 Å². The molecular formula is C17H29N3O3. The van der Waals surface area contributed by atoms with Crippen LogP contribution in [0.3, 0.4) is 0 Å². The molecule has 1 aromatic rings. The molecule has 0 atom stereocenters. The fraction of sp³-hybridized carbons (Fsp3) is 0.706. The summed E-state index contributed by atoms with van der Waals surface area (Å²) in [5.74, 6) is 0.837. The molecule has 130 valence electrons. The van der Waals surface area contributed by atoms with Gasteiger partial charge in [-0.3, -0.25) is 9.59 Å². The third kappa shape index (κ3) is 7.81. The number of hydrogen-bond acceptors (Lipinski definition) is 4. The average Bonchev–Trinajstić information content (AvgIpc) is 2.92. The number of aromatic nitrogens is 1. The first kappa shape index (κ1) is 19.2. The van der Waals surface area contributed by atoms with Gasteiger partial charge in [0, 0.05) is 19.0 Å². The van der Waals surface area contributed by atoms with Gasteiger partial charge in [-0.05, 0) is 19.8 Å². The van der Waals surface area contributed by atoms with Crippen molar-refractivity contribution in [3.63, 3.8) is 0 Å². The van der Waals surface area contributed by atoms with Crippen LogP contribution in [0.4, 0.5) is 5.82 Å². The van der Waals surface area contributed by atoms with Gasteiger partial charge in [-0.15, -0.1) is 0 Å². The summed E-state index contributed by atoms with van der Waals surface area (Å²) < 4.78 is 4.92. The highest BCUT2D eigenvalue weighted by molar-refractivity contribution is 5.93. The van der Waals surface area contributed by atoms with Crippen LogP contribution in [0.25, 0.3) is 0 Å². The zero-order valence-electron chi connectivity index (χ0n) is 14.6. The topological polar surface area (TPSA) is 75.4 Å². The summed E-state index contributed by atoms with van der Waals surface area (Å²) >= 11 is 0. The van der Waals surface area contributed by atoms with Crippen LogP contribution in [0.2, 0.25) is 0 Å². The molecule has 0 saturated heterocycles. The molecular weight excluding hydrogens is 294 g/mol. The maximum absolute atomic E-state index is 12.3. The quantitative estimate of drug-likeness (QED) is 0.632. The lowest BCUT2D eigenvalue weighted by Crippen LogP contribution is -2.38. The minimum atomic E-state index is -0.237. The van der Waals surface area contributed by atoms with Crippen molar-refractivity contribution in [2.75, 3.05) is 18.4 Å². The van der Waals surface area contributed by atoms with E-state index in [0.29, 0.717) is 24.5 Å². The number of nitrogens with zero attached hydrogens (tertiary/aromatic N) is 2. The number of carbonyl (C=O) groups excluding carboxylic acids is 2. The van der Waals surface area contributed by atoms with E-state index in [1.807, 2.05) is 0 Å². The highest BCUT2D eigenvalue weighted by Gasteiger charge is 2.17. The molecule has 0 spiro atoms. The number of amides is 2. The Balaban J connectivity index is 2.51. The third-order valence-corrected chi connectivity index (χ3v) is 3.61. The zero-order chi connectivity index (χ0) is 17.1. The number of rotatable bonds is 11. The van der Waals surface area contributed by atoms with E-state index in [9.17, 15) is 9.59 Å². The van der Waals surface area contributed by atoms with E-state index in [1.54, 1.807) is 17.9 Å². The van der Waals surface area contributed by atoms with E-state index in [2.05, 4.69) is 24.3 Å². The van der Waals surface area contributed by atoms with Crippen molar-refractivity contribution in [2.45, 2.75) is 65.7 Å². The Morgan fingerprint density at radius 2 is 1.91 bits per heavy atom. The lowest BCUT2D eigenvalue weighted by atomic mass is 10.2. The van der Waals surface area contributed by atoms with Crippen molar-refractivity contribution in [2.24, 2.45) is 0 Å². The van der Waals surface area contributed by atoms with Crippen LogP contribution in [0.1, 0.15) is 64.6 Å². The number of anilines is 1. The van der Waals surface area contributed by atoms with Crippen LogP contribution in [0, 0.1) is 6.92 Å². The van der Waals surface area contributed by atoms with Crippen molar-refractivity contribution in [3.05, 3.63) is 11.8 Å². The predicted molar refractivity (Wildman–Crippen MR) is 90.1 cm³/mol. The Labute approximate surface area is 138 Å². The fourth-order valence-electron chi connectivity index (χ4n) is 2.29. The first-order valence-electron chi connectivity index (χ1n) is 8.57. The first-order valence-corrected chi connectivity index (χ1v) is 8.57. The maximum atomic E-state index is 12.3. The minimum absolute atomic E-state index is 0.0508. The van der Waals surface area contributed by atoms with Gasteiger partial charge in [0.15, 0.2) is 5.82 Å². The molecule has 0 fully saturated rings. The molecule has 0 bridgehead atoms. The second-order valence-electron chi connectivity index (χ2n) is 5.85. The lowest BCUT2D eigenvalue weighted by molar-refractivity contribution is -0.134. The van der Waals surface area contributed by atoms with E-state index in [-0.39, 0.29) is 18.4 Å². The largest absolute Gasteiger partial charge is 0.360 e. The van der Waals surface area contributed by atoms with E-state index >= 15 is 0 Å². The van der Waals surface area contributed by atoms with Gasteiger partial charge in [-0.1, -0.05) is 44.7 Å². The monoisotopic (exact) mass is 323 g/mol. The number of hydrogen-bond donors (Lipinski definition) is 1. The molecule has 0 aromatic carbocycles. The number of aryl methyl sites for hydroxylation is 1. The van der Waals surface area contributed by atoms with E-state index < -0.39 is 0 Å². The molecule has 6 nitrogen and oxygen atoms in total. The summed E-state index contributed by atoms with van der Waals surface area (Å²) in [6, 6.07) is 1.66. The molecule has 6 heteroatoms. The summed E-state index contributed by atoms with van der Waals surface area (Å²) in [7, 11) is 0. The summed E-state index contributed by atoms with van der Waals surface area (Å²) in [5, 5.41) is 6.40. The van der Waals surface area contributed by atoms with Gasteiger partial charge in [0.05, 0.1) is 6.54 Å². The Morgan fingerprint density at radius 3 is 2.52 bits per heavy atom. The summed E-state index contributed by atoms with van der Waals surface area (Å²) in [4.78, 5) is 26.0. The lowest BCUT2D eigenvalue weighted by Gasteiger charge is -2.22. The normalized spacial score (nSPS) is 10.6. The van der Waals surface area contributed by atoms with Crippen LogP contribution in [-0.4, -0.2) is 35.0 Å². The van der Waals surface area contributed by atoms with Gasteiger partial charge < -0.3 is 14.7 Å². The molecule has 1 aromatic heterocycles. The van der Waals surface area contributed by atoms with Gasteiger partial charge in [-0.25, -0.2) is 0 Å². The molecule has 1 heterocycles. The molecule has 0 saturated carbocycles. The molecule has 0 radical (unpaired) electrons. The standard InChI is InChI=1S/C17H29N3O3/c1-4-6-8-9-11-20(17(22)10-7-5-2)13-16(21)18-15-12-14(3)23-19-15/h12H,4-11,13H2,1-3H3,(H,18,19,21). The van der Waals surface area contributed by atoms with Crippen molar-refractivity contribution in [1.82, 2.24) is 10.1 Å². The van der Waals surface area contributed by atoms with Crippen LogP contribution in [-0.2, 0) is 9.59 Å². The Hall–Kier alpha value is -1.85. The molecule has 1 N–H and O–H groups in total. The molecule has 0 aliphatic heterocycles. The Morgan fingerprint density at radius 1 is 1.17 bits per heavy atom. The van der Waals surface area contributed by atoms with Crippen LogP contribution in [0.15, 0.2) is 10.6 Å². The number of carbonyl (C=O) groups is 2. The second-order valence-corrected chi connectivity index (χ2v) is 5.85. The van der Waals surface area contributed by atoms with Gasteiger partial charge >= 0.3 is 0 Å². The highest BCUT2D eigenvalue weighted by Crippen LogP contribution is 2.09. The SMILES string of the molecule is CCCCCCN(CC(=O)Nc1cc(C)on1)C(=O)CCCC. The molecule has 23 heavy (non-hydrogen) atoms. The van der Waals surface area contributed by atoms with Crippen molar-refractivity contribution in [1.29, 1.82) is 0 Å². The molecule has 0 aliphatic rings. The second kappa shape index (κ2) is 10.8. The molecule has 0 aliphatic carbocycles. The van der Waals surface area contributed by atoms with E-state index in [4.69, 9.17) is 4.52 Å². The Kier molecular flexibility index (Phi) is 9.02. The van der Waals surface area contributed by atoms with Gasteiger partial charge in [0.2, 0.25) is 11.8 Å². The molecule has 0 unspecified atom stereocenters. The number of unbranched alkanes of at least 4 members (excludes halogenated alkanes) is 4.